The Kier molecular flexibility index (Phi) is 7.09. The van der Waals surface area contributed by atoms with Crippen LogP contribution in [0.5, 0.6) is 0 Å². The summed E-state index contributed by atoms with van der Waals surface area (Å²) in [6.07, 6.45) is 6.72. The zero-order chi connectivity index (χ0) is 14.4. The minimum Gasteiger partial charge on any atom is -0.255 e. The summed E-state index contributed by atoms with van der Waals surface area (Å²) in [4.78, 5) is 0.733. The molecule has 0 aromatic heterocycles. The molecule has 1 aromatic rings. The third kappa shape index (κ3) is 5.27. The number of hydrogen-bond acceptors (Lipinski definition) is 1. The van der Waals surface area contributed by atoms with E-state index in [0.717, 1.165) is 10.8 Å². The van der Waals surface area contributed by atoms with Crippen LogP contribution in [0.25, 0.3) is 0 Å². The third-order valence-electron chi connectivity index (χ3n) is 3.64. The van der Waals surface area contributed by atoms with Crippen LogP contribution in [0.4, 0.5) is 0 Å². The van der Waals surface area contributed by atoms with Crippen LogP contribution < -0.4 is 0 Å². The molecule has 0 aliphatic carbocycles. The van der Waals surface area contributed by atoms with E-state index in [0.29, 0.717) is 10.9 Å². The molecule has 3 heteroatoms. The quantitative estimate of drug-likeness (QED) is 0.659. The number of halogens is 1. The molecule has 1 nitrogen and oxygen atoms in total. The van der Waals surface area contributed by atoms with Crippen molar-refractivity contribution in [3.05, 3.63) is 28.8 Å². The lowest BCUT2D eigenvalue weighted by Crippen LogP contribution is -2.03. The van der Waals surface area contributed by atoms with E-state index in [1.165, 1.54) is 31.2 Å². The molecule has 0 aliphatic heterocycles. The van der Waals surface area contributed by atoms with Gasteiger partial charge in [-0.3, -0.25) is 4.21 Å². The Bertz CT molecular complexity index is 431. The Morgan fingerprint density at radius 2 is 2.00 bits per heavy atom. The summed E-state index contributed by atoms with van der Waals surface area (Å²) in [7, 11) is -1.01. The summed E-state index contributed by atoms with van der Waals surface area (Å²) in [6.45, 7) is 6.81. The van der Waals surface area contributed by atoms with Crippen molar-refractivity contribution in [2.75, 3.05) is 6.26 Å². The molecule has 108 valence electrons. The van der Waals surface area contributed by atoms with Gasteiger partial charge in [-0.2, -0.15) is 0 Å². The van der Waals surface area contributed by atoms with Gasteiger partial charge in [0, 0.05) is 6.26 Å². The summed E-state index contributed by atoms with van der Waals surface area (Å²) in [6, 6.07) is 5.95. The topological polar surface area (TPSA) is 17.1 Å². The van der Waals surface area contributed by atoms with E-state index in [4.69, 9.17) is 11.6 Å². The fourth-order valence-corrected chi connectivity index (χ4v) is 3.57. The second-order valence-electron chi connectivity index (χ2n) is 5.53. The van der Waals surface area contributed by atoms with Crippen molar-refractivity contribution in [1.82, 2.24) is 0 Å². The van der Waals surface area contributed by atoms with Gasteiger partial charge in [0.05, 0.1) is 20.7 Å². The molecule has 3 unspecified atom stereocenters. The van der Waals surface area contributed by atoms with Crippen LogP contribution >= 0.6 is 11.6 Å². The van der Waals surface area contributed by atoms with Crippen molar-refractivity contribution in [3.8, 4) is 0 Å². The van der Waals surface area contributed by atoms with Crippen LogP contribution in [-0.2, 0) is 10.8 Å². The van der Waals surface area contributed by atoms with Crippen LogP contribution in [-0.4, -0.2) is 10.5 Å². The highest BCUT2D eigenvalue weighted by Gasteiger charge is 2.13. The molecule has 3 atom stereocenters. The molecule has 1 aromatic carbocycles. The minimum absolute atomic E-state index is 0.503. The van der Waals surface area contributed by atoms with E-state index in [-0.39, 0.29) is 0 Å². The molecule has 0 fully saturated rings. The molecule has 0 aliphatic rings. The smallest absolute Gasteiger partial charge is 0.0571 e. The zero-order valence-corrected chi connectivity index (χ0v) is 14.0. The fourth-order valence-electron chi connectivity index (χ4n) is 2.47. The maximum Gasteiger partial charge on any atom is 0.0571 e. The Balaban J connectivity index is 2.69. The Morgan fingerprint density at radius 1 is 1.32 bits per heavy atom. The molecule has 19 heavy (non-hydrogen) atoms. The molecule has 0 bridgehead atoms. The average molecular weight is 301 g/mol. The lowest BCUT2D eigenvalue weighted by molar-refractivity contribution is 0.438. The molecular formula is C16H25ClOS. The van der Waals surface area contributed by atoms with Gasteiger partial charge in [-0.25, -0.2) is 0 Å². The molecule has 0 spiro atoms. The summed E-state index contributed by atoms with van der Waals surface area (Å²) in [5.41, 5.74) is 1.25. The Hall–Kier alpha value is -0.340. The van der Waals surface area contributed by atoms with Crippen molar-refractivity contribution < 1.29 is 4.21 Å². The molecular weight excluding hydrogens is 276 g/mol. The van der Waals surface area contributed by atoms with Gasteiger partial charge in [0.2, 0.25) is 0 Å². The van der Waals surface area contributed by atoms with Gasteiger partial charge < -0.3 is 0 Å². The third-order valence-corrected chi connectivity index (χ3v) is 5.04. The van der Waals surface area contributed by atoms with E-state index in [1.54, 1.807) is 6.26 Å². The van der Waals surface area contributed by atoms with Gasteiger partial charge in [0.25, 0.3) is 0 Å². The zero-order valence-electron chi connectivity index (χ0n) is 12.4. The predicted molar refractivity (Wildman–Crippen MR) is 85.5 cm³/mol. The van der Waals surface area contributed by atoms with E-state index >= 15 is 0 Å². The van der Waals surface area contributed by atoms with E-state index in [9.17, 15) is 4.21 Å². The first-order valence-electron chi connectivity index (χ1n) is 7.08. The molecule has 1 rings (SSSR count). The normalized spacial score (nSPS) is 16.1. The van der Waals surface area contributed by atoms with E-state index in [1.807, 2.05) is 12.1 Å². The van der Waals surface area contributed by atoms with Crippen LogP contribution in [0.1, 0.15) is 57.9 Å². The summed E-state index contributed by atoms with van der Waals surface area (Å²) in [5, 5.41) is 0.631. The summed E-state index contributed by atoms with van der Waals surface area (Å²) in [5.74, 6) is 1.25. The first-order chi connectivity index (χ1) is 8.95. The summed E-state index contributed by atoms with van der Waals surface area (Å²) >= 11 is 6.20. The van der Waals surface area contributed by atoms with Gasteiger partial charge >= 0.3 is 0 Å². The lowest BCUT2D eigenvalue weighted by Gasteiger charge is -2.18. The molecule has 0 heterocycles. The van der Waals surface area contributed by atoms with Crippen molar-refractivity contribution in [1.29, 1.82) is 0 Å². The van der Waals surface area contributed by atoms with Crippen molar-refractivity contribution in [2.45, 2.75) is 57.3 Å². The average Bonchev–Trinajstić information content (AvgIpc) is 2.35. The lowest BCUT2D eigenvalue weighted by atomic mass is 9.88. The van der Waals surface area contributed by atoms with Gasteiger partial charge in [-0.1, -0.05) is 57.7 Å². The van der Waals surface area contributed by atoms with Crippen molar-refractivity contribution in [3.63, 3.8) is 0 Å². The molecule has 0 amide bonds. The number of rotatable bonds is 7. The highest BCUT2D eigenvalue weighted by atomic mass is 35.5. The molecule has 0 radical (unpaired) electrons. The van der Waals surface area contributed by atoms with Gasteiger partial charge in [0.15, 0.2) is 0 Å². The SMILES string of the molecule is CCCCC(C)CC(C)c1ccc(S(C)=O)c(Cl)c1. The first kappa shape index (κ1) is 16.7. The predicted octanol–water partition coefficient (Wildman–Crippen LogP) is 5.40. The van der Waals surface area contributed by atoms with E-state index < -0.39 is 10.8 Å². The van der Waals surface area contributed by atoms with Gasteiger partial charge in [-0.15, -0.1) is 0 Å². The number of benzene rings is 1. The Labute approximate surface area is 125 Å². The van der Waals surface area contributed by atoms with Crippen LogP contribution in [0, 0.1) is 5.92 Å². The number of hydrogen-bond donors (Lipinski definition) is 0. The van der Waals surface area contributed by atoms with Crippen LogP contribution in [0.2, 0.25) is 5.02 Å². The highest BCUT2D eigenvalue weighted by molar-refractivity contribution is 7.84. The summed E-state index contributed by atoms with van der Waals surface area (Å²) < 4.78 is 11.5. The van der Waals surface area contributed by atoms with Crippen molar-refractivity contribution >= 4 is 22.4 Å². The number of unbranched alkanes of at least 4 members (excludes halogenated alkanes) is 1. The maximum absolute atomic E-state index is 11.5. The monoisotopic (exact) mass is 300 g/mol. The van der Waals surface area contributed by atoms with E-state index in [2.05, 4.69) is 26.8 Å². The standard InChI is InChI=1S/C16H25ClOS/c1-5-6-7-12(2)10-13(3)14-8-9-16(19(4)18)15(17)11-14/h8-9,11-13H,5-7,10H2,1-4H3. The molecule has 0 N–H and O–H groups in total. The minimum atomic E-state index is -1.01. The van der Waals surface area contributed by atoms with Gasteiger partial charge in [-0.05, 0) is 36.0 Å². The van der Waals surface area contributed by atoms with Crippen LogP contribution in [0.15, 0.2) is 23.1 Å². The second-order valence-corrected chi connectivity index (χ2v) is 7.28. The van der Waals surface area contributed by atoms with Gasteiger partial charge in [0.1, 0.15) is 0 Å². The maximum atomic E-state index is 11.5. The molecule has 0 saturated heterocycles. The first-order valence-corrected chi connectivity index (χ1v) is 9.02. The van der Waals surface area contributed by atoms with Crippen LogP contribution in [0.3, 0.4) is 0 Å². The highest BCUT2D eigenvalue weighted by Crippen LogP contribution is 2.29. The fraction of sp³-hybridized carbons (Fsp3) is 0.625. The van der Waals surface area contributed by atoms with Crippen molar-refractivity contribution in [2.24, 2.45) is 5.92 Å². The molecule has 0 saturated carbocycles. The second kappa shape index (κ2) is 8.06. The Morgan fingerprint density at radius 3 is 2.53 bits per heavy atom. The largest absolute Gasteiger partial charge is 0.255 e.